The van der Waals surface area contributed by atoms with Gasteiger partial charge in [0.2, 0.25) is 0 Å². The molecule has 0 aliphatic carbocycles. The van der Waals surface area contributed by atoms with Crippen molar-refractivity contribution < 1.29 is 5.11 Å². The molecule has 0 atom stereocenters. The van der Waals surface area contributed by atoms with E-state index < -0.39 is 0 Å². The standard InChI is InChI=1S/C29H52O/c1-6-9-12-15-18-21-26-24(4)25(5)29(30)28(23-20-17-14-11-8-3)27(26)22-19-16-13-10-7-2/h30H,6-23H2,1-5H3. The van der Waals surface area contributed by atoms with E-state index in [-0.39, 0.29) is 0 Å². The van der Waals surface area contributed by atoms with Crippen LogP contribution in [0.4, 0.5) is 0 Å². The zero-order chi connectivity index (χ0) is 22.2. The van der Waals surface area contributed by atoms with Crippen molar-refractivity contribution in [2.24, 2.45) is 0 Å². The highest BCUT2D eigenvalue weighted by molar-refractivity contribution is 5.54. The van der Waals surface area contributed by atoms with Gasteiger partial charge < -0.3 is 5.11 Å². The zero-order valence-electron chi connectivity index (χ0n) is 21.2. The highest BCUT2D eigenvalue weighted by atomic mass is 16.3. The molecule has 1 aromatic rings. The molecule has 1 N–H and O–H groups in total. The summed E-state index contributed by atoms with van der Waals surface area (Å²) in [5.74, 6) is 0.612. The normalized spacial score (nSPS) is 11.4. The second kappa shape index (κ2) is 16.7. The van der Waals surface area contributed by atoms with E-state index in [0.717, 1.165) is 18.4 Å². The van der Waals surface area contributed by atoms with Crippen molar-refractivity contribution in [2.75, 3.05) is 0 Å². The van der Waals surface area contributed by atoms with E-state index in [1.54, 1.807) is 5.56 Å². The summed E-state index contributed by atoms with van der Waals surface area (Å²) in [5, 5.41) is 11.1. The molecule has 0 aliphatic rings. The molecule has 0 aromatic heterocycles. The van der Waals surface area contributed by atoms with Crippen LogP contribution in [0.25, 0.3) is 0 Å². The van der Waals surface area contributed by atoms with Crippen molar-refractivity contribution >= 4 is 0 Å². The summed E-state index contributed by atoms with van der Waals surface area (Å²) in [5.41, 5.74) is 6.91. The Bertz CT molecular complexity index is 531. The van der Waals surface area contributed by atoms with Crippen LogP contribution in [0.3, 0.4) is 0 Å². The quantitative estimate of drug-likeness (QED) is 0.236. The largest absolute Gasteiger partial charge is 0.507 e. The summed E-state index contributed by atoms with van der Waals surface area (Å²) < 4.78 is 0. The van der Waals surface area contributed by atoms with E-state index in [4.69, 9.17) is 0 Å². The molecule has 0 spiro atoms. The Labute approximate surface area is 189 Å². The molecule has 0 unspecified atom stereocenters. The van der Waals surface area contributed by atoms with Gasteiger partial charge in [-0.3, -0.25) is 0 Å². The number of unbranched alkanes of at least 4 members (excludes halogenated alkanes) is 12. The third kappa shape index (κ3) is 9.44. The van der Waals surface area contributed by atoms with Crippen molar-refractivity contribution in [3.8, 4) is 5.75 Å². The number of phenolic OH excluding ortho intramolecular Hbond substituents is 1. The fourth-order valence-corrected chi connectivity index (χ4v) is 4.81. The van der Waals surface area contributed by atoms with Gasteiger partial charge in [0, 0.05) is 0 Å². The van der Waals surface area contributed by atoms with Gasteiger partial charge in [-0.1, -0.05) is 97.8 Å². The smallest absolute Gasteiger partial charge is 0.122 e. The van der Waals surface area contributed by atoms with E-state index in [9.17, 15) is 5.11 Å². The second-order valence-electron chi connectivity index (χ2n) is 9.53. The molecule has 0 fully saturated rings. The van der Waals surface area contributed by atoms with Gasteiger partial charge >= 0.3 is 0 Å². The van der Waals surface area contributed by atoms with Gasteiger partial charge in [-0.05, 0) is 80.2 Å². The van der Waals surface area contributed by atoms with Crippen LogP contribution in [0.15, 0.2) is 0 Å². The molecule has 0 saturated heterocycles. The van der Waals surface area contributed by atoms with Gasteiger partial charge in [0.15, 0.2) is 0 Å². The number of phenols is 1. The van der Waals surface area contributed by atoms with Crippen molar-refractivity contribution in [2.45, 2.75) is 150 Å². The number of hydrogen-bond acceptors (Lipinski definition) is 1. The van der Waals surface area contributed by atoms with E-state index >= 15 is 0 Å². The zero-order valence-corrected chi connectivity index (χ0v) is 21.2. The van der Waals surface area contributed by atoms with Gasteiger partial charge in [-0.2, -0.15) is 0 Å². The molecular formula is C29H52O. The van der Waals surface area contributed by atoms with E-state index in [1.807, 2.05) is 0 Å². The monoisotopic (exact) mass is 416 g/mol. The lowest BCUT2D eigenvalue weighted by Crippen LogP contribution is -2.07. The predicted octanol–water partition coefficient (Wildman–Crippen LogP) is 9.55. The van der Waals surface area contributed by atoms with Crippen molar-refractivity contribution in [3.63, 3.8) is 0 Å². The average Bonchev–Trinajstić information content (AvgIpc) is 2.75. The van der Waals surface area contributed by atoms with E-state index in [0.29, 0.717) is 5.75 Å². The van der Waals surface area contributed by atoms with Crippen LogP contribution < -0.4 is 0 Å². The fraction of sp³-hybridized carbons (Fsp3) is 0.793. The Balaban J connectivity index is 2.98. The summed E-state index contributed by atoms with van der Waals surface area (Å²) in [6, 6.07) is 0. The Kier molecular flexibility index (Phi) is 15.0. The number of rotatable bonds is 18. The Hall–Kier alpha value is -0.980. The van der Waals surface area contributed by atoms with E-state index in [2.05, 4.69) is 34.6 Å². The number of hydrogen-bond donors (Lipinski definition) is 1. The van der Waals surface area contributed by atoms with Crippen LogP contribution in [0.2, 0.25) is 0 Å². The molecule has 0 amide bonds. The minimum absolute atomic E-state index is 0.612. The molecule has 1 nitrogen and oxygen atoms in total. The highest BCUT2D eigenvalue weighted by Crippen LogP contribution is 2.36. The third-order valence-corrected chi connectivity index (χ3v) is 6.98. The molecule has 0 saturated carbocycles. The molecule has 30 heavy (non-hydrogen) atoms. The van der Waals surface area contributed by atoms with Crippen molar-refractivity contribution in [1.82, 2.24) is 0 Å². The molecule has 174 valence electrons. The Morgan fingerprint density at radius 3 is 1.23 bits per heavy atom. The maximum absolute atomic E-state index is 11.1. The Morgan fingerprint density at radius 1 is 0.433 bits per heavy atom. The molecule has 0 aliphatic heterocycles. The third-order valence-electron chi connectivity index (χ3n) is 6.98. The first-order valence-corrected chi connectivity index (χ1v) is 13.4. The molecule has 0 radical (unpaired) electrons. The summed E-state index contributed by atoms with van der Waals surface area (Å²) in [7, 11) is 0. The Morgan fingerprint density at radius 2 is 0.800 bits per heavy atom. The van der Waals surface area contributed by atoms with Crippen LogP contribution in [0.5, 0.6) is 5.75 Å². The molecule has 0 bridgehead atoms. The second-order valence-corrected chi connectivity index (χ2v) is 9.53. The first kappa shape index (κ1) is 27.1. The van der Waals surface area contributed by atoms with Crippen LogP contribution in [0, 0.1) is 13.8 Å². The molecule has 0 heterocycles. The maximum atomic E-state index is 11.1. The van der Waals surface area contributed by atoms with Gasteiger partial charge in [-0.15, -0.1) is 0 Å². The highest BCUT2D eigenvalue weighted by Gasteiger charge is 2.19. The van der Waals surface area contributed by atoms with E-state index in [1.165, 1.54) is 119 Å². The van der Waals surface area contributed by atoms with Crippen molar-refractivity contribution in [1.29, 1.82) is 0 Å². The number of aromatic hydroxyl groups is 1. The van der Waals surface area contributed by atoms with Gasteiger partial charge in [0.25, 0.3) is 0 Å². The van der Waals surface area contributed by atoms with Gasteiger partial charge in [0.05, 0.1) is 0 Å². The maximum Gasteiger partial charge on any atom is 0.122 e. The first-order valence-electron chi connectivity index (χ1n) is 13.4. The molecule has 1 heteroatoms. The molecule has 1 aromatic carbocycles. The molecular weight excluding hydrogens is 364 g/mol. The van der Waals surface area contributed by atoms with Crippen LogP contribution in [-0.4, -0.2) is 5.11 Å². The predicted molar refractivity (Wildman–Crippen MR) is 135 cm³/mol. The first-order chi connectivity index (χ1) is 14.6. The summed E-state index contributed by atoms with van der Waals surface area (Å²) >= 11 is 0. The van der Waals surface area contributed by atoms with Crippen LogP contribution in [-0.2, 0) is 19.3 Å². The topological polar surface area (TPSA) is 20.2 Å². The van der Waals surface area contributed by atoms with Gasteiger partial charge in [-0.25, -0.2) is 0 Å². The summed E-state index contributed by atoms with van der Waals surface area (Å²) in [6.45, 7) is 11.2. The minimum atomic E-state index is 0.612. The van der Waals surface area contributed by atoms with Crippen LogP contribution >= 0.6 is 0 Å². The summed E-state index contributed by atoms with van der Waals surface area (Å²) in [6.07, 6.45) is 23.2. The van der Waals surface area contributed by atoms with Crippen LogP contribution in [0.1, 0.15) is 145 Å². The lowest BCUT2D eigenvalue weighted by atomic mass is 9.84. The SMILES string of the molecule is CCCCCCCc1c(C)c(C)c(O)c(CCCCCCC)c1CCCCCCC. The number of benzene rings is 1. The fourth-order valence-electron chi connectivity index (χ4n) is 4.81. The average molecular weight is 417 g/mol. The van der Waals surface area contributed by atoms with Gasteiger partial charge in [0.1, 0.15) is 5.75 Å². The lowest BCUT2D eigenvalue weighted by molar-refractivity contribution is 0.458. The summed E-state index contributed by atoms with van der Waals surface area (Å²) in [4.78, 5) is 0. The van der Waals surface area contributed by atoms with Crippen molar-refractivity contribution in [3.05, 3.63) is 27.8 Å². The molecule has 1 rings (SSSR count). The lowest BCUT2D eigenvalue weighted by Gasteiger charge is -2.22. The minimum Gasteiger partial charge on any atom is -0.507 e.